The topological polar surface area (TPSA) is 17.1 Å². The van der Waals surface area contributed by atoms with Crippen LogP contribution in [0.3, 0.4) is 0 Å². The van der Waals surface area contributed by atoms with Gasteiger partial charge in [-0.05, 0) is 24.8 Å². The van der Waals surface area contributed by atoms with Crippen LogP contribution >= 0.6 is 11.3 Å². The van der Waals surface area contributed by atoms with E-state index in [2.05, 4.69) is 11.8 Å². The summed E-state index contributed by atoms with van der Waals surface area (Å²) in [5.41, 5.74) is 0.109. The van der Waals surface area contributed by atoms with Crippen molar-refractivity contribution in [2.24, 2.45) is 5.41 Å². The average Bonchev–Trinajstić information content (AvgIpc) is 2.98. The maximum atomic E-state index is 12.6. The third-order valence-electron chi connectivity index (χ3n) is 3.23. The van der Waals surface area contributed by atoms with Crippen LogP contribution in [0.25, 0.3) is 0 Å². The smallest absolute Gasteiger partial charge is 0.180 e. The molecule has 1 nitrogen and oxygen atoms in total. The summed E-state index contributed by atoms with van der Waals surface area (Å²) in [6.07, 6.45) is 0.707. The summed E-state index contributed by atoms with van der Waals surface area (Å²) in [5, 5.41) is 1.99. The minimum absolute atomic E-state index is 0.0969. The molecule has 96 valence electrons. The van der Waals surface area contributed by atoms with Crippen molar-refractivity contribution in [3.05, 3.63) is 58.3 Å². The summed E-state index contributed by atoms with van der Waals surface area (Å²) in [7, 11) is 0. The first-order valence-corrected chi connectivity index (χ1v) is 7.20. The Morgan fingerprint density at radius 3 is 2.53 bits per heavy atom. The Morgan fingerprint density at radius 1 is 1.21 bits per heavy atom. The highest BCUT2D eigenvalue weighted by Gasteiger charge is 2.29. The van der Waals surface area contributed by atoms with Gasteiger partial charge in [0.05, 0.1) is 10.3 Å². The number of carbonyl (C=O) groups excluding carboxylic acids is 1. The molecule has 0 aliphatic rings. The SMILES string of the molecule is CCC(C)(C#Cc1cccs1)C(=O)c1ccccc1. The fourth-order valence-corrected chi connectivity index (χ4v) is 2.33. The van der Waals surface area contributed by atoms with Gasteiger partial charge in [-0.15, -0.1) is 11.3 Å². The predicted octanol–water partition coefficient (Wildman–Crippen LogP) is 4.40. The molecule has 1 aromatic carbocycles. The summed E-state index contributed by atoms with van der Waals surface area (Å²) in [5.74, 6) is 6.37. The molecule has 0 radical (unpaired) electrons. The van der Waals surface area contributed by atoms with Crippen LogP contribution in [0.15, 0.2) is 47.8 Å². The Bertz CT molecular complexity index is 602. The molecule has 0 saturated carbocycles. The third-order valence-corrected chi connectivity index (χ3v) is 4.01. The molecule has 1 atom stereocenters. The van der Waals surface area contributed by atoms with Gasteiger partial charge in [0.1, 0.15) is 0 Å². The molecule has 0 amide bonds. The average molecular weight is 268 g/mol. The van der Waals surface area contributed by atoms with E-state index in [0.29, 0.717) is 6.42 Å². The lowest BCUT2D eigenvalue weighted by atomic mass is 9.80. The number of Topliss-reactive ketones (excluding diaryl/α,β-unsaturated/α-hetero) is 1. The van der Waals surface area contributed by atoms with Crippen molar-refractivity contribution in [1.82, 2.24) is 0 Å². The minimum atomic E-state index is -0.620. The Balaban J connectivity index is 2.30. The zero-order chi connectivity index (χ0) is 13.7. The monoisotopic (exact) mass is 268 g/mol. The second-order valence-electron chi connectivity index (χ2n) is 4.61. The molecule has 1 unspecified atom stereocenters. The lowest BCUT2D eigenvalue weighted by Crippen LogP contribution is -2.25. The molecule has 1 aromatic heterocycles. The molecule has 0 N–H and O–H groups in total. The fourth-order valence-electron chi connectivity index (χ4n) is 1.76. The molecule has 0 bridgehead atoms. The Hall–Kier alpha value is -1.85. The first kappa shape index (κ1) is 13.6. The van der Waals surface area contributed by atoms with Gasteiger partial charge in [0.15, 0.2) is 5.78 Å². The number of thiophene rings is 1. The zero-order valence-electron chi connectivity index (χ0n) is 11.1. The van der Waals surface area contributed by atoms with Crippen molar-refractivity contribution in [2.45, 2.75) is 20.3 Å². The zero-order valence-corrected chi connectivity index (χ0v) is 12.0. The molecule has 0 aliphatic heterocycles. The molecule has 0 fully saturated rings. The van der Waals surface area contributed by atoms with Crippen molar-refractivity contribution >= 4 is 17.1 Å². The van der Waals surface area contributed by atoms with E-state index in [1.54, 1.807) is 11.3 Å². The molecule has 0 aliphatic carbocycles. The van der Waals surface area contributed by atoms with Crippen LogP contribution in [0, 0.1) is 17.3 Å². The van der Waals surface area contributed by atoms with Gasteiger partial charge in [0.25, 0.3) is 0 Å². The number of carbonyl (C=O) groups is 1. The molecule has 2 heteroatoms. The summed E-state index contributed by atoms with van der Waals surface area (Å²) < 4.78 is 0. The fraction of sp³-hybridized carbons (Fsp3) is 0.235. The van der Waals surface area contributed by atoms with Gasteiger partial charge in [-0.3, -0.25) is 4.79 Å². The van der Waals surface area contributed by atoms with Crippen LogP contribution in [0.5, 0.6) is 0 Å². The van der Waals surface area contributed by atoms with Crippen LogP contribution in [0.2, 0.25) is 0 Å². The molecule has 0 saturated heterocycles. The number of hydrogen-bond acceptors (Lipinski definition) is 2. The van der Waals surface area contributed by atoms with Crippen molar-refractivity contribution in [3.8, 4) is 11.8 Å². The van der Waals surface area contributed by atoms with Crippen molar-refractivity contribution in [1.29, 1.82) is 0 Å². The van der Waals surface area contributed by atoms with Gasteiger partial charge >= 0.3 is 0 Å². The van der Waals surface area contributed by atoms with E-state index in [9.17, 15) is 4.79 Å². The molecule has 2 rings (SSSR count). The lowest BCUT2D eigenvalue weighted by Gasteiger charge is -2.20. The lowest BCUT2D eigenvalue weighted by molar-refractivity contribution is 0.0874. The van der Waals surface area contributed by atoms with Gasteiger partial charge in [-0.1, -0.05) is 55.2 Å². The standard InChI is InChI=1S/C17H16OS/c1-3-17(2,12-11-15-10-7-13-19-15)16(18)14-8-5-4-6-9-14/h4-10,13H,3H2,1-2H3. The van der Waals surface area contributed by atoms with E-state index in [4.69, 9.17) is 0 Å². The first-order chi connectivity index (χ1) is 9.15. The quantitative estimate of drug-likeness (QED) is 0.595. The summed E-state index contributed by atoms with van der Waals surface area (Å²) in [6, 6.07) is 13.3. The first-order valence-electron chi connectivity index (χ1n) is 6.32. The molecule has 2 aromatic rings. The summed E-state index contributed by atoms with van der Waals surface area (Å²) in [4.78, 5) is 13.6. The molecular weight excluding hydrogens is 252 g/mol. The number of hydrogen-bond donors (Lipinski definition) is 0. The summed E-state index contributed by atoms with van der Waals surface area (Å²) in [6.45, 7) is 3.92. The second kappa shape index (κ2) is 5.86. The van der Waals surface area contributed by atoms with E-state index >= 15 is 0 Å². The van der Waals surface area contributed by atoms with E-state index in [-0.39, 0.29) is 5.78 Å². The minimum Gasteiger partial charge on any atom is -0.292 e. The highest BCUT2D eigenvalue weighted by Crippen LogP contribution is 2.26. The van der Waals surface area contributed by atoms with Gasteiger partial charge in [-0.25, -0.2) is 0 Å². The van der Waals surface area contributed by atoms with Crippen LogP contribution in [0.1, 0.15) is 35.5 Å². The van der Waals surface area contributed by atoms with Crippen molar-refractivity contribution < 1.29 is 4.79 Å². The van der Waals surface area contributed by atoms with E-state index in [0.717, 1.165) is 10.4 Å². The summed E-state index contributed by atoms with van der Waals surface area (Å²) >= 11 is 1.60. The van der Waals surface area contributed by atoms with Crippen LogP contribution in [-0.2, 0) is 0 Å². The maximum absolute atomic E-state index is 12.6. The number of benzene rings is 1. The number of rotatable bonds is 3. The van der Waals surface area contributed by atoms with Crippen molar-refractivity contribution in [2.75, 3.05) is 0 Å². The molecular formula is C17H16OS. The Kier molecular flexibility index (Phi) is 4.19. The molecule has 19 heavy (non-hydrogen) atoms. The highest BCUT2D eigenvalue weighted by molar-refractivity contribution is 7.10. The Morgan fingerprint density at radius 2 is 1.95 bits per heavy atom. The van der Waals surface area contributed by atoms with Crippen molar-refractivity contribution in [3.63, 3.8) is 0 Å². The molecule has 1 heterocycles. The van der Waals surface area contributed by atoms with Crippen LogP contribution in [0.4, 0.5) is 0 Å². The largest absolute Gasteiger partial charge is 0.292 e. The van der Waals surface area contributed by atoms with Gasteiger partial charge in [-0.2, -0.15) is 0 Å². The van der Waals surface area contributed by atoms with Gasteiger partial charge in [0, 0.05) is 5.56 Å². The highest BCUT2D eigenvalue weighted by atomic mass is 32.1. The van der Waals surface area contributed by atoms with E-state index in [1.165, 1.54) is 0 Å². The van der Waals surface area contributed by atoms with E-state index < -0.39 is 5.41 Å². The Labute approximate surface area is 118 Å². The van der Waals surface area contributed by atoms with Gasteiger partial charge in [0.2, 0.25) is 0 Å². The normalized spacial score (nSPS) is 13.2. The van der Waals surface area contributed by atoms with Crippen LogP contribution in [-0.4, -0.2) is 5.78 Å². The maximum Gasteiger partial charge on any atom is 0.180 e. The molecule has 0 spiro atoms. The van der Waals surface area contributed by atoms with E-state index in [1.807, 2.05) is 61.7 Å². The van der Waals surface area contributed by atoms with Crippen LogP contribution < -0.4 is 0 Å². The van der Waals surface area contributed by atoms with Gasteiger partial charge < -0.3 is 0 Å². The third kappa shape index (κ3) is 3.13. The number of ketones is 1. The predicted molar refractivity (Wildman–Crippen MR) is 80.4 cm³/mol. The second-order valence-corrected chi connectivity index (χ2v) is 5.56.